The number of carboxylic acids is 1. The van der Waals surface area contributed by atoms with Crippen LogP contribution in [0.15, 0.2) is 72.8 Å². The number of hydrogen-bond acceptors (Lipinski definition) is 6. The van der Waals surface area contributed by atoms with Gasteiger partial charge in [-0.3, -0.25) is 4.79 Å². The number of nitrogens with one attached hydrogen (secondary N) is 2. The highest BCUT2D eigenvalue weighted by atomic mass is 16.5. The van der Waals surface area contributed by atoms with Crippen LogP contribution in [-0.2, 0) is 16.2 Å². The molecule has 0 heterocycles. The molecule has 0 spiro atoms. The van der Waals surface area contributed by atoms with Gasteiger partial charge in [-0.1, -0.05) is 49.2 Å². The van der Waals surface area contributed by atoms with Crippen LogP contribution in [0.25, 0.3) is 0 Å². The molecule has 0 bridgehead atoms. The van der Waals surface area contributed by atoms with E-state index < -0.39 is 23.5 Å². The Balaban J connectivity index is 1.62. The molecule has 1 aliphatic carbocycles. The number of carbonyl (C=O) groups excluding carboxylic acids is 1. The molecule has 190 valence electrons. The number of methoxy groups -OCH3 is 1. The molecule has 1 fully saturated rings. The topological polar surface area (TPSA) is 121 Å². The van der Waals surface area contributed by atoms with Crippen LogP contribution in [0.5, 0.6) is 11.5 Å². The molecular weight excluding hydrogens is 470 g/mol. The van der Waals surface area contributed by atoms with Gasteiger partial charge in [-0.25, -0.2) is 4.79 Å². The normalized spacial score (nSPS) is 14.7. The minimum atomic E-state index is -1.29. The molecule has 8 heteroatoms. The highest BCUT2D eigenvalue weighted by molar-refractivity contribution is 5.92. The second-order valence-corrected chi connectivity index (χ2v) is 9.03. The summed E-state index contributed by atoms with van der Waals surface area (Å²) in [6.45, 7) is 0.352. The highest BCUT2D eigenvalue weighted by Gasteiger charge is 2.44. The summed E-state index contributed by atoms with van der Waals surface area (Å²) in [4.78, 5) is 25.6. The van der Waals surface area contributed by atoms with Gasteiger partial charge in [0.05, 0.1) is 18.7 Å². The van der Waals surface area contributed by atoms with E-state index in [-0.39, 0.29) is 0 Å². The molecular formula is C29H29N3O5. The van der Waals surface area contributed by atoms with Crippen molar-refractivity contribution in [2.75, 3.05) is 12.4 Å². The Hall–Kier alpha value is -4.51. The minimum Gasteiger partial charge on any atom is -0.493 e. The molecule has 8 nitrogen and oxygen atoms in total. The largest absolute Gasteiger partial charge is 0.493 e. The van der Waals surface area contributed by atoms with E-state index in [9.17, 15) is 14.7 Å². The first-order valence-electron chi connectivity index (χ1n) is 12.1. The number of amides is 1. The van der Waals surface area contributed by atoms with E-state index >= 15 is 0 Å². The molecule has 3 aromatic rings. The Kier molecular flexibility index (Phi) is 7.94. The fourth-order valence-electron chi connectivity index (χ4n) is 4.51. The van der Waals surface area contributed by atoms with E-state index in [4.69, 9.17) is 14.7 Å². The molecule has 3 N–H and O–H groups in total. The second kappa shape index (κ2) is 11.5. The molecule has 0 aliphatic heterocycles. The fraction of sp³-hybridized carbons (Fsp3) is 0.276. The number of carbonyl (C=O) groups is 2. The molecule has 1 atom stereocenters. The first-order chi connectivity index (χ1) is 17.9. The van der Waals surface area contributed by atoms with Crippen LogP contribution < -0.4 is 20.1 Å². The first-order valence-corrected chi connectivity index (χ1v) is 12.1. The van der Waals surface area contributed by atoms with Crippen molar-refractivity contribution >= 4 is 17.6 Å². The summed E-state index contributed by atoms with van der Waals surface area (Å²) in [7, 11) is 1.52. The zero-order valence-corrected chi connectivity index (χ0v) is 20.6. The molecule has 0 radical (unpaired) electrons. The van der Waals surface area contributed by atoms with Crippen LogP contribution in [0.2, 0.25) is 0 Å². The molecule has 4 rings (SSSR count). The van der Waals surface area contributed by atoms with Gasteiger partial charge in [-0.2, -0.15) is 5.26 Å². The summed E-state index contributed by atoms with van der Waals surface area (Å²) in [6, 6.07) is 22.8. The third-order valence-corrected chi connectivity index (χ3v) is 6.57. The van der Waals surface area contributed by atoms with E-state index in [1.54, 1.807) is 42.5 Å². The number of rotatable bonds is 10. The SMILES string of the molecule is COc1cc(C(Nc2ccc(C#N)cc2)C(=O)NC2(C(=O)O)CCCC2)ccc1OCc1ccccc1. The Morgan fingerprint density at radius 2 is 1.73 bits per heavy atom. The lowest BCUT2D eigenvalue weighted by Gasteiger charge is -2.29. The van der Waals surface area contributed by atoms with Gasteiger partial charge in [0.15, 0.2) is 11.5 Å². The molecule has 1 aliphatic rings. The molecule has 37 heavy (non-hydrogen) atoms. The number of anilines is 1. The number of hydrogen-bond donors (Lipinski definition) is 3. The van der Waals surface area contributed by atoms with Gasteiger partial charge in [0.1, 0.15) is 18.2 Å². The molecule has 1 saturated carbocycles. The highest BCUT2D eigenvalue weighted by Crippen LogP contribution is 2.34. The van der Waals surface area contributed by atoms with E-state index in [0.29, 0.717) is 47.8 Å². The number of benzene rings is 3. The standard InChI is InChI=1S/C29H29N3O5/c1-36-25-17-22(11-14-24(25)37-19-21-7-3-2-4-8-21)26(31-23-12-9-20(18-30)10-13-23)27(33)32-29(28(34)35)15-5-6-16-29/h2-4,7-14,17,26,31H,5-6,15-16,19H2,1H3,(H,32,33)(H,34,35). The smallest absolute Gasteiger partial charge is 0.329 e. The maximum Gasteiger partial charge on any atom is 0.329 e. The zero-order valence-electron chi connectivity index (χ0n) is 20.6. The average Bonchev–Trinajstić information content (AvgIpc) is 3.41. The van der Waals surface area contributed by atoms with Crippen LogP contribution in [0, 0.1) is 11.3 Å². The number of nitrogens with zero attached hydrogens (tertiary/aromatic N) is 1. The number of nitriles is 1. The fourth-order valence-corrected chi connectivity index (χ4v) is 4.51. The van der Waals surface area contributed by atoms with Crippen molar-refractivity contribution in [3.05, 3.63) is 89.5 Å². The predicted molar refractivity (Wildman–Crippen MR) is 138 cm³/mol. The van der Waals surface area contributed by atoms with Gasteiger partial charge < -0.3 is 25.2 Å². The van der Waals surface area contributed by atoms with Crippen molar-refractivity contribution in [1.82, 2.24) is 5.32 Å². The lowest BCUT2D eigenvalue weighted by molar-refractivity contribution is -0.147. The van der Waals surface area contributed by atoms with Gasteiger partial charge >= 0.3 is 5.97 Å². The van der Waals surface area contributed by atoms with Crippen LogP contribution in [0.1, 0.15) is 48.4 Å². The van der Waals surface area contributed by atoms with Gasteiger partial charge in [-0.05, 0) is 60.4 Å². The number of aliphatic carboxylic acids is 1. The van der Waals surface area contributed by atoms with E-state index in [1.165, 1.54) is 7.11 Å². The summed E-state index contributed by atoms with van der Waals surface area (Å²) >= 11 is 0. The first kappa shape index (κ1) is 25.6. The number of ether oxygens (including phenoxy) is 2. The van der Waals surface area contributed by atoms with Gasteiger partial charge in [0.25, 0.3) is 0 Å². The van der Waals surface area contributed by atoms with Crippen molar-refractivity contribution in [2.24, 2.45) is 0 Å². The summed E-state index contributed by atoms with van der Waals surface area (Å²) in [5.74, 6) is -0.529. The van der Waals surface area contributed by atoms with Gasteiger partial charge in [0, 0.05) is 5.69 Å². The van der Waals surface area contributed by atoms with Crippen LogP contribution in [0.3, 0.4) is 0 Å². The summed E-state index contributed by atoms with van der Waals surface area (Å²) in [5.41, 5.74) is 1.39. The Morgan fingerprint density at radius 1 is 1.03 bits per heavy atom. The van der Waals surface area contributed by atoms with Crippen LogP contribution >= 0.6 is 0 Å². The van der Waals surface area contributed by atoms with Crippen molar-refractivity contribution in [3.63, 3.8) is 0 Å². The zero-order chi connectivity index (χ0) is 26.3. The summed E-state index contributed by atoms with van der Waals surface area (Å²) in [6.07, 6.45) is 2.24. The lowest BCUT2D eigenvalue weighted by atomic mass is 9.96. The van der Waals surface area contributed by atoms with Gasteiger partial charge in [0.2, 0.25) is 5.91 Å². The maximum atomic E-state index is 13.6. The quantitative estimate of drug-likeness (QED) is 0.366. The van der Waals surface area contributed by atoms with Crippen molar-refractivity contribution in [1.29, 1.82) is 5.26 Å². The predicted octanol–water partition coefficient (Wildman–Crippen LogP) is 4.81. The summed E-state index contributed by atoms with van der Waals surface area (Å²) in [5, 5.41) is 25.0. The average molecular weight is 500 g/mol. The molecule has 0 saturated heterocycles. The summed E-state index contributed by atoms with van der Waals surface area (Å²) < 4.78 is 11.5. The Bertz CT molecular complexity index is 1280. The maximum absolute atomic E-state index is 13.6. The Morgan fingerprint density at radius 3 is 2.35 bits per heavy atom. The third kappa shape index (κ3) is 6.01. The Labute approximate surface area is 215 Å². The van der Waals surface area contributed by atoms with E-state index in [1.807, 2.05) is 30.3 Å². The number of carboxylic acid groups (broad SMARTS) is 1. The van der Waals surface area contributed by atoms with Crippen LogP contribution in [-0.4, -0.2) is 29.6 Å². The molecule has 1 amide bonds. The molecule has 0 aromatic heterocycles. The van der Waals surface area contributed by atoms with Gasteiger partial charge in [-0.15, -0.1) is 0 Å². The van der Waals surface area contributed by atoms with Crippen molar-refractivity contribution in [3.8, 4) is 17.6 Å². The van der Waals surface area contributed by atoms with Crippen molar-refractivity contribution in [2.45, 2.75) is 43.9 Å². The molecule has 1 unspecified atom stereocenters. The monoisotopic (exact) mass is 499 g/mol. The van der Waals surface area contributed by atoms with Crippen molar-refractivity contribution < 1.29 is 24.2 Å². The second-order valence-electron chi connectivity index (χ2n) is 9.03. The van der Waals surface area contributed by atoms with E-state index in [2.05, 4.69) is 16.7 Å². The lowest BCUT2D eigenvalue weighted by Crippen LogP contribution is -2.54. The molecule has 3 aromatic carbocycles. The van der Waals surface area contributed by atoms with E-state index in [0.717, 1.165) is 18.4 Å². The van der Waals surface area contributed by atoms with Crippen LogP contribution in [0.4, 0.5) is 5.69 Å². The minimum absolute atomic E-state index is 0.352. The third-order valence-electron chi connectivity index (χ3n) is 6.57.